The first-order chi connectivity index (χ1) is 16.9. The zero-order chi connectivity index (χ0) is 24.4. The monoisotopic (exact) mass is 532 g/mol. The molecule has 1 atom stereocenters. The van der Waals surface area contributed by atoms with Gasteiger partial charge in [0, 0.05) is 55.4 Å². The van der Waals surface area contributed by atoms with Crippen LogP contribution in [0.5, 0.6) is 5.75 Å². The van der Waals surface area contributed by atoms with Crippen molar-refractivity contribution >= 4 is 44.8 Å². The molecule has 1 N–H and O–H groups in total. The number of aliphatic hydroxyl groups is 1. The molecule has 35 heavy (non-hydrogen) atoms. The number of fused-ring (bicyclic) bond motifs is 1. The van der Waals surface area contributed by atoms with Gasteiger partial charge in [0.05, 0.1) is 26.8 Å². The van der Waals surface area contributed by atoms with Crippen molar-refractivity contribution < 1.29 is 14.4 Å². The van der Waals surface area contributed by atoms with Crippen LogP contribution >= 0.6 is 34.5 Å². The smallest absolute Gasteiger partial charge is 0.151 e. The minimum absolute atomic E-state index is 0.253. The van der Waals surface area contributed by atoms with Crippen molar-refractivity contribution in [2.24, 2.45) is 0 Å². The highest BCUT2D eigenvalue weighted by molar-refractivity contribution is 7.18. The van der Waals surface area contributed by atoms with Gasteiger partial charge in [-0.3, -0.25) is 9.80 Å². The third-order valence-electron chi connectivity index (χ3n) is 5.99. The van der Waals surface area contributed by atoms with E-state index >= 15 is 0 Å². The molecule has 0 amide bonds. The molecular weight excluding hydrogens is 507 g/mol. The number of hydrogen-bond donors (Lipinski definition) is 1. The molecule has 1 aliphatic rings. The van der Waals surface area contributed by atoms with Crippen LogP contribution in [0.2, 0.25) is 10.0 Å². The average molecular weight is 533 g/mol. The van der Waals surface area contributed by atoms with Crippen LogP contribution in [0.4, 0.5) is 0 Å². The number of benzene rings is 2. The van der Waals surface area contributed by atoms with Gasteiger partial charge in [-0.15, -0.1) is 11.3 Å². The molecule has 1 fully saturated rings. The van der Waals surface area contributed by atoms with E-state index < -0.39 is 6.10 Å². The highest BCUT2D eigenvalue weighted by Gasteiger charge is 2.21. The van der Waals surface area contributed by atoms with Crippen molar-refractivity contribution in [1.29, 1.82) is 0 Å². The number of aryl methyl sites for hydroxylation is 1. The normalized spacial score (nSPS) is 16.1. The number of hydrogen-bond acceptors (Lipinski definition) is 8. The molecular formula is C25H26Cl2N4O3S. The molecule has 10 heteroatoms. The van der Waals surface area contributed by atoms with Gasteiger partial charge in [0.1, 0.15) is 24.2 Å². The van der Waals surface area contributed by atoms with Gasteiger partial charge in [-0.05, 0) is 37.3 Å². The summed E-state index contributed by atoms with van der Waals surface area (Å²) in [5.41, 5.74) is 2.44. The Labute approximate surface area is 217 Å². The van der Waals surface area contributed by atoms with Crippen LogP contribution in [-0.2, 0) is 6.54 Å². The van der Waals surface area contributed by atoms with E-state index in [0.29, 0.717) is 28.8 Å². The third-order valence-corrected chi connectivity index (χ3v) is 7.49. The summed E-state index contributed by atoms with van der Waals surface area (Å²) in [5.74, 6) is 1.53. The minimum atomic E-state index is -0.560. The van der Waals surface area contributed by atoms with Crippen molar-refractivity contribution in [2.45, 2.75) is 19.6 Å². The largest absolute Gasteiger partial charge is 0.491 e. The zero-order valence-electron chi connectivity index (χ0n) is 19.3. The molecule has 184 valence electrons. The third kappa shape index (κ3) is 6.14. The molecule has 2 aromatic heterocycles. The highest BCUT2D eigenvalue weighted by atomic mass is 35.5. The molecule has 5 rings (SSSR count). The lowest BCUT2D eigenvalue weighted by Gasteiger charge is -2.35. The first-order valence-corrected chi connectivity index (χ1v) is 13.0. The predicted molar refractivity (Wildman–Crippen MR) is 140 cm³/mol. The van der Waals surface area contributed by atoms with Crippen LogP contribution < -0.4 is 4.74 Å². The molecule has 0 unspecified atom stereocenters. The van der Waals surface area contributed by atoms with Crippen molar-refractivity contribution in [3.8, 4) is 17.0 Å². The second kappa shape index (κ2) is 10.8. The number of piperazine rings is 1. The second-order valence-electron chi connectivity index (χ2n) is 8.71. The van der Waals surface area contributed by atoms with Crippen LogP contribution in [0.15, 0.2) is 47.0 Å². The predicted octanol–water partition coefficient (Wildman–Crippen LogP) is 5.12. The number of rotatable bonds is 8. The Morgan fingerprint density at radius 2 is 1.89 bits per heavy atom. The molecule has 0 saturated carbocycles. The lowest BCUT2D eigenvalue weighted by atomic mass is 10.1. The van der Waals surface area contributed by atoms with E-state index in [1.54, 1.807) is 23.5 Å². The molecule has 7 nitrogen and oxygen atoms in total. The summed E-state index contributed by atoms with van der Waals surface area (Å²) in [6.45, 7) is 6.99. The summed E-state index contributed by atoms with van der Waals surface area (Å²) >= 11 is 13.9. The quantitative estimate of drug-likeness (QED) is 0.337. The molecule has 2 aromatic carbocycles. The Kier molecular flexibility index (Phi) is 7.57. The Morgan fingerprint density at radius 3 is 2.69 bits per heavy atom. The first kappa shape index (κ1) is 24.5. The molecule has 0 aliphatic carbocycles. The van der Waals surface area contributed by atoms with Gasteiger partial charge < -0.3 is 14.4 Å². The Morgan fingerprint density at radius 1 is 1.09 bits per heavy atom. The van der Waals surface area contributed by atoms with Crippen LogP contribution in [0.25, 0.3) is 21.5 Å². The average Bonchev–Trinajstić information content (AvgIpc) is 3.44. The van der Waals surface area contributed by atoms with Crippen molar-refractivity contribution in [3.05, 3.63) is 63.3 Å². The van der Waals surface area contributed by atoms with Crippen LogP contribution in [0, 0.1) is 6.92 Å². The van der Waals surface area contributed by atoms with Crippen LogP contribution in [-0.4, -0.2) is 70.5 Å². The Bertz CT molecular complexity index is 1300. The molecule has 4 aromatic rings. The van der Waals surface area contributed by atoms with Crippen molar-refractivity contribution in [2.75, 3.05) is 39.3 Å². The number of aliphatic hydroxyl groups excluding tert-OH is 1. The fourth-order valence-electron chi connectivity index (χ4n) is 4.22. The zero-order valence-corrected chi connectivity index (χ0v) is 21.6. The van der Waals surface area contributed by atoms with E-state index in [2.05, 4.69) is 19.9 Å². The number of nitrogens with zero attached hydrogens (tertiary/aromatic N) is 4. The number of thiazole rings is 1. The summed E-state index contributed by atoms with van der Waals surface area (Å²) in [6.07, 6.45) is -0.560. The second-order valence-corrected chi connectivity index (χ2v) is 10.8. The van der Waals surface area contributed by atoms with Gasteiger partial charge >= 0.3 is 0 Å². The lowest BCUT2D eigenvalue weighted by molar-refractivity contribution is 0.0430. The van der Waals surface area contributed by atoms with Gasteiger partial charge in [-0.1, -0.05) is 28.4 Å². The summed E-state index contributed by atoms with van der Waals surface area (Å²) < 4.78 is 12.5. The maximum absolute atomic E-state index is 10.5. The summed E-state index contributed by atoms with van der Waals surface area (Å²) in [4.78, 5) is 9.08. The van der Waals surface area contributed by atoms with Gasteiger partial charge in [0.15, 0.2) is 5.76 Å². The maximum atomic E-state index is 10.5. The maximum Gasteiger partial charge on any atom is 0.151 e. The van der Waals surface area contributed by atoms with Crippen molar-refractivity contribution in [1.82, 2.24) is 19.9 Å². The number of aromatic nitrogens is 2. The van der Waals surface area contributed by atoms with Crippen LogP contribution in [0.1, 0.15) is 10.8 Å². The molecule has 0 spiro atoms. The first-order valence-electron chi connectivity index (χ1n) is 11.5. The Hall–Kier alpha value is -2.20. The molecule has 0 bridgehead atoms. The molecule has 1 aliphatic heterocycles. The van der Waals surface area contributed by atoms with Gasteiger partial charge in [0.2, 0.25) is 0 Å². The van der Waals surface area contributed by atoms with Crippen LogP contribution in [0.3, 0.4) is 0 Å². The SMILES string of the molecule is Cc1nc2cc(OC[C@H](O)CN3CCN(Cc4cc(-c5ccc(Cl)cc5Cl)no4)CC3)ccc2s1. The Balaban J connectivity index is 1.07. The highest BCUT2D eigenvalue weighted by Crippen LogP contribution is 2.30. The van der Waals surface area contributed by atoms with E-state index in [1.807, 2.05) is 37.3 Å². The lowest BCUT2D eigenvalue weighted by Crippen LogP contribution is -2.48. The molecule has 3 heterocycles. The molecule has 0 radical (unpaired) electrons. The van der Waals surface area contributed by atoms with E-state index in [1.165, 1.54) is 0 Å². The van der Waals surface area contributed by atoms with Gasteiger partial charge in [-0.25, -0.2) is 4.98 Å². The summed E-state index contributed by atoms with van der Waals surface area (Å²) in [6, 6.07) is 13.1. The van der Waals surface area contributed by atoms with E-state index in [-0.39, 0.29) is 6.61 Å². The minimum Gasteiger partial charge on any atom is -0.491 e. The fourth-order valence-corrected chi connectivity index (χ4v) is 5.53. The molecule has 1 saturated heterocycles. The number of β-amino-alcohol motifs (C(OH)–C–C–N with tert-alkyl or cyclic N) is 1. The van der Waals surface area contributed by atoms with Gasteiger partial charge in [-0.2, -0.15) is 0 Å². The van der Waals surface area contributed by atoms with Crippen molar-refractivity contribution in [3.63, 3.8) is 0 Å². The topological polar surface area (TPSA) is 74.9 Å². The number of halogens is 2. The van der Waals surface area contributed by atoms with E-state index in [9.17, 15) is 5.11 Å². The standard InChI is InChI=1S/C25H26Cl2N4O3S/c1-16-28-24-11-19(3-5-25(24)35-16)33-15-18(32)13-30-6-8-31(9-7-30)14-20-12-23(29-34-20)21-4-2-17(26)10-22(21)27/h2-5,10-12,18,32H,6-9,13-15H2,1H3/t18-/m1/s1. The van der Waals surface area contributed by atoms with E-state index in [0.717, 1.165) is 58.5 Å². The fraction of sp³-hybridized carbons (Fsp3) is 0.360. The van der Waals surface area contributed by atoms with E-state index in [4.69, 9.17) is 32.5 Å². The number of ether oxygens (including phenoxy) is 1. The summed E-state index contributed by atoms with van der Waals surface area (Å²) in [7, 11) is 0. The summed E-state index contributed by atoms with van der Waals surface area (Å²) in [5, 5.41) is 16.8. The van der Waals surface area contributed by atoms with Gasteiger partial charge in [0.25, 0.3) is 0 Å².